The maximum atomic E-state index is 11.6. The summed E-state index contributed by atoms with van der Waals surface area (Å²) in [6, 6.07) is 5.51. The zero-order chi connectivity index (χ0) is 13.3. The molecule has 1 amide bonds. The minimum absolute atomic E-state index is 0. The second kappa shape index (κ2) is 6.04. The Morgan fingerprint density at radius 2 is 2.21 bits per heavy atom. The Hall–Kier alpha value is -1.59. The smallest absolute Gasteiger partial charge is 0.243 e. The number of hydrogen-bond donors (Lipinski definition) is 2. The lowest BCUT2D eigenvalue weighted by atomic mass is 10.2. The molecule has 1 aromatic carbocycles. The topological polar surface area (TPSA) is 72.9 Å². The Labute approximate surface area is 118 Å². The van der Waals surface area contributed by atoms with E-state index < -0.39 is 6.04 Å². The number of rotatable bonds is 3. The third-order valence-electron chi connectivity index (χ3n) is 2.87. The molecule has 0 aliphatic carbocycles. The molecule has 0 bridgehead atoms. The predicted octanol–water partition coefficient (Wildman–Crippen LogP) is 2.07. The van der Waals surface area contributed by atoms with Crippen LogP contribution in [0.25, 0.3) is 11.0 Å². The van der Waals surface area contributed by atoms with Crippen LogP contribution >= 0.6 is 12.4 Å². The van der Waals surface area contributed by atoms with Crippen molar-refractivity contribution < 1.29 is 4.79 Å². The number of nitrogens with zero attached hydrogens (tertiary/aromatic N) is 2. The highest BCUT2D eigenvalue weighted by atomic mass is 35.5. The van der Waals surface area contributed by atoms with Gasteiger partial charge in [0.1, 0.15) is 0 Å². The van der Waals surface area contributed by atoms with E-state index in [9.17, 15) is 4.79 Å². The minimum atomic E-state index is -0.545. The predicted molar refractivity (Wildman–Crippen MR) is 79.7 cm³/mol. The molecule has 1 atom stereocenters. The fraction of sp³-hybridized carbons (Fsp3) is 0.385. The van der Waals surface area contributed by atoms with Gasteiger partial charge in [0.05, 0.1) is 17.1 Å². The Kier molecular flexibility index (Phi) is 4.91. The van der Waals surface area contributed by atoms with Gasteiger partial charge in [-0.15, -0.1) is 12.4 Å². The third-order valence-corrected chi connectivity index (χ3v) is 2.87. The summed E-state index contributed by atoms with van der Waals surface area (Å²) < 4.78 is 1.97. The first kappa shape index (κ1) is 15.5. The van der Waals surface area contributed by atoms with E-state index in [0.717, 1.165) is 23.1 Å². The Morgan fingerprint density at radius 1 is 1.53 bits per heavy atom. The van der Waals surface area contributed by atoms with Crippen LogP contribution in [0, 0.1) is 6.92 Å². The quantitative estimate of drug-likeness (QED) is 0.905. The summed E-state index contributed by atoms with van der Waals surface area (Å²) in [5, 5.41) is 2.76. The number of aryl methyl sites for hydroxylation is 2. The molecule has 0 saturated heterocycles. The number of nitrogens with two attached hydrogens (primary N) is 1. The molecular weight excluding hydrogens is 264 g/mol. The molecule has 0 fully saturated rings. The van der Waals surface area contributed by atoms with Crippen LogP contribution in [0.3, 0.4) is 0 Å². The lowest BCUT2D eigenvalue weighted by Crippen LogP contribution is -2.33. The van der Waals surface area contributed by atoms with E-state index >= 15 is 0 Å². The van der Waals surface area contributed by atoms with Crippen molar-refractivity contribution in [3.8, 4) is 0 Å². The molecule has 0 saturated carbocycles. The summed E-state index contributed by atoms with van der Waals surface area (Å²) in [6.07, 6.45) is 0. The average molecular weight is 283 g/mol. The number of imidazole rings is 1. The molecule has 1 unspecified atom stereocenters. The molecule has 6 heteroatoms. The molecule has 0 radical (unpaired) electrons. The van der Waals surface area contributed by atoms with E-state index in [1.807, 2.05) is 36.6 Å². The molecule has 2 rings (SSSR count). The summed E-state index contributed by atoms with van der Waals surface area (Å²) in [5.74, 6) is 0.331. The highest BCUT2D eigenvalue weighted by molar-refractivity contribution is 5.94. The minimum Gasteiger partial charge on any atom is -0.320 e. The van der Waals surface area contributed by atoms with E-state index in [1.165, 1.54) is 0 Å². The van der Waals surface area contributed by atoms with Crippen LogP contribution in [0.4, 0.5) is 5.95 Å². The van der Waals surface area contributed by atoms with Crippen molar-refractivity contribution >= 4 is 35.3 Å². The van der Waals surface area contributed by atoms with Gasteiger partial charge in [-0.1, -0.05) is 6.07 Å². The number of carbonyl (C=O) groups excluding carboxylic acids is 1. The first-order chi connectivity index (χ1) is 8.52. The first-order valence-corrected chi connectivity index (χ1v) is 6.06. The van der Waals surface area contributed by atoms with E-state index in [4.69, 9.17) is 5.73 Å². The van der Waals surface area contributed by atoms with Gasteiger partial charge in [-0.2, -0.15) is 0 Å². The molecule has 1 heterocycles. The molecule has 1 aromatic heterocycles. The summed E-state index contributed by atoms with van der Waals surface area (Å²) in [5.41, 5.74) is 8.59. The normalized spacial score (nSPS) is 12.0. The van der Waals surface area contributed by atoms with Crippen LogP contribution in [-0.2, 0) is 11.3 Å². The van der Waals surface area contributed by atoms with Crippen molar-refractivity contribution in [3.63, 3.8) is 0 Å². The van der Waals surface area contributed by atoms with Gasteiger partial charge in [-0.05, 0) is 38.5 Å². The number of hydrogen-bond acceptors (Lipinski definition) is 3. The first-order valence-electron chi connectivity index (χ1n) is 6.06. The van der Waals surface area contributed by atoms with E-state index in [0.29, 0.717) is 5.95 Å². The summed E-state index contributed by atoms with van der Waals surface area (Å²) in [7, 11) is 0. The Morgan fingerprint density at radius 3 is 2.79 bits per heavy atom. The lowest BCUT2D eigenvalue weighted by molar-refractivity contribution is -0.117. The molecule has 0 aliphatic rings. The number of aromatic nitrogens is 2. The molecule has 0 aliphatic heterocycles. The third kappa shape index (κ3) is 3.05. The van der Waals surface area contributed by atoms with Gasteiger partial charge in [0.25, 0.3) is 0 Å². The van der Waals surface area contributed by atoms with E-state index in [-0.39, 0.29) is 18.3 Å². The summed E-state index contributed by atoms with van der Waals surface area (Å²) >= 11 is 0. The molecule has 5 nitrogen and oxygen atoms in total. The molecule has 104 valence electrons. The second-order valence-corrected chi connectivity index (χ2v) is 4.45. The van der Waals surface area contributed by atoms with Gasteiger partial charge in [0.15, 0.2) is 0 Å². The highest BCUT2D eigenvalue weighted by Crippen LogP contribution is 2.20. The van der Waals surface area contributed by atoms with Gasteiger partial charge < -0.3 is 10.3 Å². The van der Waals surface area contributed by atoms with E-state index in [2.05, 4.69) is 10.3 Å². The zero-order valence-electron chi connectivity index (χ0n) is 11.3. The number of fused-ring (bicyclic) bond motifs is 1. The number of anilines is 1. The standard InChI is InChI=1S/C13H18N4O.ClH/c1-4-17-11-6-5-8(2)7-10(11)15-13(17)16-12(18)9(3)14;/h5-7,9H,4,14H2,1-3H3,(H,15,16,18);1H. The van der Waals surface area contributed by atoms with Crippen molar-refractivity contribution in [2.45, 2.75) is 33.4 Å². The van der Waals surface area contributed by atoms with Crippen LogP contribution in [0.5, 0.6) is 0 Å². The Balaban J connectivity index is 0.00000180. The second-order valence-electron chi connectivity index (χ2n) is 4.45. The summed E-state index contributed by atoms with van der Waals surface area (Å²) in [6.45, 7) is 6.43. The lowest BCUT2D eigenvalue weighted by Gasteiger charge is -2.09. The van der Waals surface area contributed by atoms with Gasteiger partial charge >= 0.3 is 0 Å². The Bertz CT molecular complexity index is 592. The van der Waals surface area contributed by atoms with Crippen molar-refractivity contribution in [1.29, 1.82) is 0 Å². The van der Waals surface area contributed by atoms with Crippen LogP contribution < -0.4 is 11.1 Å². The number of halogens is 1. The molecule has 2 aromatic rings. The number of carbonyl (C=O) groups is 1. The number of benzene rings is 1. The molecular formula is C13H19ClN4O. The van der Waals surface area contributed by atoms with Crippen molar-refractivity contribution in [2.24, 2.45) is 5.73 Å². The van der Waals surface area contributed by atoms with Crippen molar-refractivity contribution in [3.05, 3.63) is 23.8 Å². The van der Waals surface area contributed by atoms with Gasteiger partial charge in [-0.25, -0.2) is 4.98 Å². The van der Waals surface area contributed by atoms with E-state index in [1.54, 1.807) is 6.92 Å². The molecule has 0 spiro atoms. The highest BCUT2D eigenvalue weighted by Gasteiger charge is 2.14. The molecule has 19 heavy (non-hydrogen) atoms. The fourth-order valence-corrected chi connectivity index (χ4v) is 1.88. The largest absolute Gasteiger partial charge is 0.320 e. The van der Waals surface area contributed by atoms with Crippen LogP contribution in [0.2, 0.25) is 0 Å². The number of amides is 1. The summed E-state index contributed by atoms with van der Waals surface area (Å²) in [4.78, 5) is 16.1. The SMILES string of the molecule is CCn1c(NC(=O)C(C)N)nc2cc(C)ccc21.Cl. The zero-order valence-corrected chi connectivity index (χ0v) is 12.1. The maximum Gasteiger partial charge on any atom is 0.243 e. The average Bonchev–Trinajstić information content (AvgIpc) is 2.64. The van der Waals surface area contributed by atoms with Crippen LogP contribution in [0.15, 0.2) is 18.2 Å². The van der Waals surface area contributed by atoms with Crippen molar-refractivity contribution in [1.82, 2.24) is 9.55 Å². The van der Waals surface area contributed by atoms with Crippen LogP contribution in [0.1, 0.15) is 19.4 Å². The van der Waals surface area contributed by atoms with Crippen LogP contribution in [-0.4, -0.2) is 21.5 Å². The maximum absolute atomic E-state index is 11.6. The van der Waals surface area contributed by atoms with Crippen molar-refractivity contribution in [2.75, 3.05) is 5.32 Å². The monoisotopic (exact) mass is 282 g/mol. The molecule has 3 N–H and O–H groups in total. The van der Waals surface area contributed by atoms with Gasteiger partial charge in [0, 0.05) is 6.54 Å². The van der Waals surface area contributed by atoms with Gasteiger partial charge in [0.2, 0.25) is 11.9 Å². The number of nitrogens with one attached hydrogen (secondary N) is 1. The van der Waals surface area contributed by atoms with Gasteiger partial charge in [-0.3, -0.25) is 10.1 Å². The fourth-order valence-electron chi connectivity index (χ4n) is 1.88.